The van der Waals surface area contributed by atoms with Crippen LogP contribution in [0.2, 0.25) is 0 Å². The molecule has 0 bridgehead atoms. The van der Waals surface area contributed by atoms with Gasteiger partial charge >= 0.3 is 0 Å². The standard InChI is InChI=1S/C9H5BrF2N2O/c10-6-2-4(11)1-5(9(6)12)7-3-8(13)15-14-7/h1-3H,13H2. The summed E-state index contributed by atoms with van der Waals surface area (Å²) < 4.78 is 31.2. The Labute approximate surface area is 92.0 Å². The molecule has 2 rings (SSSR count). The van der Waals surface area contributed by atoms with E-state index in [0.717, 1.165) is 12.1 Å². The fourth-order valence-corrected chi connectivity index (χ4v) is 1.59. The number of rotatable bonds is 1. The van der Waals surface area contributed by atoms with Gasteiger partial charge in [0.1, 0.15) is 17.3 Å². The SMILES string of the molecule is Nc1cc(-c2cc(F)cc(Br)c2F)no1. The minimum absolute atomic E-state index is 0.00215. The number of nitrogens with two attached hydrogens (primary N) is 1. The monoisotopic (exact) mass is 274 g/mol. The van der Waals surface area contributed by atoms with Gasteiger partial charge in [-0.1, -0.05) is 5.16 Å². The number of benzene rings is 1. The highest BCUT2D eigenvalue weighted by Crippen LogP contribution is 2.29. The quantitative estimate of drug-likeness (QED) is 0.814. The molecule has 0 amide bonds. The van der Waals surface area contributed by atoms with E-state index < -0.39 is 11.6 Å². The van der Waals surface area contributed by atoms with Crippen molar-refractivity contribution in [3.05, 3.63) is 34.3 Å². The topological polar surface area (TPSA) is 52.0 Å². The third kappa shape index (κ3) is 1.85. The van der Waals surface area contributed by atoms with Crippen molar-refractivity contribution in [2.45, 2.75) is 0 Å². The Hall–Kier alpha value is -1.43. The lowest BCUT2D eigenvalue weighted by molar-refractivity contribution is 0.438. The average Bonchev–Trinajstić information content (AvgIpc) is 2.58. The summed E-state index contributed by atoms with van der Waals surface area (Å²) in [7, 11) is 0. The van der Waals surface area contributed by atoms with Crippen LogP contribution in [0.3, 0.4) is 0 Å². The van der Waals surface area contributed by atoms with Crippen LogP contribution in [0, 0.1) is 11.6 Å². The Bertz CT molecular complexity index is 513. The lowest BCUT2D eigenvalue weighted by Crippen LogP contribution is -1.88. The second kappa shape index (κ2) is 3.62. The lowest BCUT2D eigenvalue weighted by atomic mass is 10.1. The summed E-state index contributed by atoms with van der Waals surface area (Å²) >= 11 is 2.90. The molecule has 0 aliphatic heterocycles. The van der Waals surface area contributed by atoms with E-state index in [9.17, 15) is 8.78 Å². The highest BCUT2D eigenvalue weighted by molar-refractivity contribution is 9.10. The molecule has 0 spiro atoms. The van der Waals surface area contributed by atoms with Crippen molar-refractivity contribution in [2.75, 3.05) is 5.73 Å². The molecule has 1 aromatic carbocycles. The zero-order chi connectivity index (χ0) is 11.0. The zero-order valence-corrected chi connectivity index (χ0v) is 8.88. The van der Waals surface area contributed by atoms with E-state index in [2.05, 4.69) is 25.6 Å². The van der Waals surface area contributed by atoms with Crippen LogP contribution in [0.1, 0.15) is 0 Å². The number of nitrogens with zero attached hydrogens (tertiary/aromatic N) is 1. The fraction of sp³-hybridized carbons (Fsp3) is 0. The maximum atomic E-state index is 13.5. The van der Waals surface area contributed by atoms with Crippen LogP contribution in [0.25, 0.3) is 11.3 Å². The Kier molecular flexibility index (Phi) is 2.44. The normalized spacial score (nSPS) is 10.6. The summed E-state index contributed by atoms with van der Waals surface area (Å²) in [5.41, 5.74) is 5.44. The lowest BCUT2D eigenvalue weighted by Gasteiger charge is -2.00. The number of hydrogen-bond donors (Lipinski definition) is 1. The molecule has 78 valence electrons. The molecule has 0 aliphatic carbocycles. The smallest absolute Gasteiger partial charge is 0.222 e. The van der Waals surface area contributed by atoms with Gasteiger partial charge in [-0.2, -0.15) is 0 Å². The van der Waals surface area contributed by atoms with Gasteiger partial charge in [0.25, 0.3) is 0 Å². The zero-order valence-electron chi connectivity index (χ0n) is 7.30. The van der Waals surface area contributed by atoms with E-state index in [-0.39, 0.29) is 21.6 Å². The van der Waals surface area contributed by atoms with Gasteiger partial charge in [-0.15, -0.1) is 0 Å². The second-order valence-electron chi connectivity index (χ2n) is 2.86. The molecule has 1 heterocycles. The van der Waals surface area contributed by atoms with Gasteiger partial charge in [0.05, 0.1) is 4.47 Å². The van der Waals surface area contributed by atoms with Gasteiger partial charge in [0.15, 0.2) is 0 Å². The molecule has 0 radical (unpaired) electrons. The first-order chi connectivity index (χ1) is 7.08. The van der Waals surface area contributed by atoms with Gasteiger partial charge in [0, 0.05) is 11.6 Å². The largest absolute Gasteiger partial charge is 0.368 e. The molecule has 0 saturated carbocycles. The molecule has 2 aromatic rings. The van der Waals surface area contributed by atoms with Crippen molar-refractivity contribution in [1.82, 2.24) is 5.16 Å². The summed E-state index contributed by atoms with van der Waals surface area (Å²) in [5.74, 6) is -1.13. The predicted molar refractivity (Wildman–Crippen MR) is 54.0 cm³/mol. The molecule has 1 aromatic heterocycles. The van der Waals surface area contributed by atoms with Crippen molar-refractivity contribution < 1.29 is 13.3 Å². The molecule has 0 fully saturated rings. The molecule has 6 heteroatoms. The molecule has 0 unspecified atom stereocenters. The fourth-order valence-electron chi connectivity index (χ4n) is 1.16. The average molecular weight is 275 g/mol. The van der Waals surface area contributed by atoms with Crippen LogP contribution in [0.5, 0.6) is 0 Å². The number of aromatic nitrogens is 1. The van der Waals surface area contributed by atoms with Crippen LogP contribution in [-0.2, 0) is 0 Å². The Morgan fingerprint density at radius 2 is 2.00 bits per heavy atom. The summed E-state index contributed by atoms with van der Waals surface area (Å²) in [4.78, 5) is 0. The minimum Gasteiger partial charge on any atom is -0.368 e. The van der Waals surface area contributed by atoms with Crippen LogP contribution >= 0.6 is 15.9 Å². The van der Waals surface area contributed by atoms with E-state index >= 15 is 0 Å². The molecule has 0 saturated heterocycles. The van der Waals surface area contributed by atoms with Crippen molar-refractivity contribution >= 4 is 21.8 Å². The highest BCUT2D eigenvalue weighted by Gasteiger charge is 2.14. The molecular weight excluding hydrogens is 270 g/mol. The van der Waals surface area contributed by atoms with Gasteiger partial charge in [0.2, 0.25) is 5.88 Å². The molecule has 0 aliphatic rings. The molecule has 0 atom stereocenters. The van der Waals surface area contributed by atoms with Crippen molar-refractivity contribution in [1.29, 1.82) is 0 Å². The maximum absolute atomic E-state index is 13.5. The summed E-state index contributed by atoms with van der Waals surface area (Å²) in [6.45, 7) is 0. The number of hydrogen-bond acceptors (Lipinski definition) is 3. The van der Waals surface area contributed by atoms with Crippen LogP contribution in [-0.4, -0.2) is 5.16 Å². The molecule has 2 N–H and O–H groups in total. The third-order valence-corrected chi connectivity index (χ3v) is 2.37. The van der Waals surface area contributed by atoms with Gasteiger partial charge in [-0.3, -0.25) is 0 Å². The van der Waals surface area contributed by atoms with Crippen LogP contribution in [0.4, 0.5) is 14.7 Å². The Morgan fingerprint density at radius 1 is 1.27 bits per heavy atom. The minimum atomic E-state index is -0.607. The van der Waals surface area contributed by atoms with E-state index in [1.807, 2.05) is 0 Å². The Balaban J connectivity index is 2.62. The molecule has 3 nitrogen and oxygen atoms in total. The summed E-state index contributed by atoms with van der Waals surface area (Å²) in [6, 6.07) is 3.38. The van der Waals surface area contributed by atoms with Crippen LogP contribution in [0.15, 0.2) is 27.2 Å². The van der Waals surface area contributed by atoms with E-state index in [4.69, 9.17) is 5.73 Å². The highest BCUT2D eigenvalue weighted by atomic mass is 79.9. The number of nitrogen functional groups attached to an aromatic ring is 1. The second-order valence-corrected chi connectivity index (χ2v) is 3.72. The van der Waals surface area contributed by atoms with E-state index in [1.165, 1.54) is 6.07 Å². The first-order valence-electron chi connectivity index (χ1n) is 3.95. The molecule has 15 heavy (non-hydrogen) atoms. The van der Waals surface area contributed by atoms with E-state index in [1.54, 1.807) is 0 Å². The van der Waals surface area contributed by atoms with Crippen molar-refractivity contribution in [2.24, 2.45) is 0 Å². The maximum Gasteiger partial charge on any atom is 0.222 e. The predicted octanol–water partition coefficient (Wildman–Crippen LogP) is 2.96. The van der Waals surface area contributed by atoms with Crippen molar-refractivity contribution in [3.63, 3.8) is 0 Å². The number of halogens is 3. The van der Waals surface area contributed by atoms with Gasteiger partial charge in [-0.25, -0.2) is 8.78 Å². The first kappa shape index (κ1) is 10.1. The number of anilines is 1. The Morgan fingerprint density at radius 3 is 2.60 bits per heavy atom. The van der Waals surface area contributed by atoms with Crippen LogP contribution < -0.4 is 5.73 Å². The molecular formula is C9H5BrF2N2O. The van der Waals surface area contributed by atoms with Gasteiger partial charge in [-0.05, 0) is 28.1 Å². The van der Waals surface area contributed by atoms with E-state index in [0.29, 0.717) is 0 Å². The summed E-state index contributed by atoms with van der Waals surface area (Å²) in [5, 5.41) is 3.50. The third-order valence-electron chi connectivity index (χ3n) is 1.80. The summed E-state index contributed by atoms with van der Waals surface area (Å²) in [6.07, 6.45) is 0. The first-order valence-corrected chi connectivity index (χ1v) is 4.74. The van der Waals surface area contributed by atoms with Gasteiger partial charge < -0.3 is 10.3 Å². The van der Waals surface area contributed by atoms with Crippen molar-refractivity contribution in [3.8, 4) is 11.3 Å².